The third-order valence-electron chi connectivity index (χ3n) is 11.1. The zero-order chi connectivity index (χ0) is 27.8. The summed E-state index contributed by atoms with van der Waals surface area (Å²) in [4.78, 5) is 0. The van der Waals surface area contributed by atoms with Crippen LogP contribution in [-0.4, -0.2) is 0 Å². The van der Waals surface area contributed by atoms with Gasteiger partial charge in [0.2, 0.25) is 0 Å². The molecule has 4 aromatic carbocycles. The summed E-state index contributed by atoms with van der Waals surface area (Å²) in [5.74, 6) is 0. The molecule has 0 amide bonds. The first-order valence-corrected chi connectivity index (χ1v) is 22.1. The molecule has 1 heterocycles. The van der Waals surface area contributed by atoms with Gasteiger partial charge in [-0.3, -0.25) is 0 Å². The molecule has 4 bridgehead atoms. The second-order valence-electron chi connectivity index (χ2n) is 13.5. The van der Waals surface area contributed by atoms with Crippen LogP contribution in [0.25, 0.3) is 32.7 Å². The summed E-state index contributed by atoms with van der Waals surface area (Å²) >= 11 is -3.06. The van der Waals surface area contributed by atoms with Crippen LogP contribution in [0, 0.1) is 5.41 Å². The summed E-state index contributed by atoms with van der Waals surface area (Å²) in [6, 6.07) is 28.5. The van der Waals surface area contributed by atoms with Gasteiger partial charge in [0.15, 0.2) is 0 Å². The van der Waals surface area contributed by atoms with Gasteiger partial charge in [0, 0.05) is 0 Å². The van der Waals surface area contributed by atoms with Gasteiger partial charge in [0.1, 0.15) is 0 Å². The number of rotatable bonds is 6. The Balaban J connectivity index is 1.65. The Hall–Kier alpha value is -2.24. The van der Waals surface area contributed by atoms with Crippen molar-refractivity contribution in [1.29, 1.82) is 0 Å². The van der Waals surface area contributed by atoms with Gasteiger partial charge in [-0.2, -0.15) is 0 Å². The number of unbranched alkanes of at least 4 members (excludes halogenated alkanes) is 2. The van der Waals surface area contributed by atoms with Crippen LogP contribution >= 0.6 is 0 Å². The topological polar surface area (TPSA) is 0 Å². The van der Waals surface area contributed by atoms with E-state index in [0.29, 0.717) is 7.25 Å². The molecule has 0 radical (unpaired) electrons. The van der Waals surface area contributed by atoms with Crippen molar-refractivity contribution in [2.24, 2.45) is 5.41 Å². The number of fused-ring (bicyclic) bond motifs is 12. The van der Waals surface area contributed by atoms with Crippen LogP contribution in [0.1, 0.15) is 96.7 Å². The predicted octanol–water partition coefficient (Wildman–Crippen LogP) is 12.0. The van der Waals surface area contributed by atoms with Gasteiger partial charge in [0.05, 0.1) is 0 Å². The maximum absolute atomic E-state index is 3.06. The van der Waals surface area contributed by atoms with Gasteiger partial charge < -0.3 is 0 Å². The first-order valence-electron chi connectivity index (χ1n) is 15.8. The van der Waals surface area contributed by atoms with Gasteiger partial charge >= 0.3 is 247 Å². The molecule has 7 rings (SSSR count). The fourth-order valence-electron chi connectivity index (χ4n) is 9.86. The molecule has 0 N–H and O–H groups in total. The average Bonchev–Trinajstić information content (AvgIpc) is 3.46. The summed E-state index contributed by atoms with van der Waals surface area (Å²) in [6.45, 7) is 15.1. The molecular weight excluding hydrogens is 560 g/mol. The first-order chi connectivity index (χ1) is 19.4. The molecule has 204 valence electrons. The van der Waals surface area contributed by atoms with E-state index in [-0.39, 0.29) is 5.41 Å². The van der Waals surface area contributed by atoms with Crippen molar-refractivity contribution < 1.29 is 20.3 Å². The Labute approximate surface area is 246 Å². The summed E-state index contributed by atoms with van der Waals surface area (Å²) in [6.07, 6.45) is 5.37. The number of benzene rings is 4. The molecule has 40 heavy (non-hydrogen) atoms. The molecule has 3 aliphatic rings. The molecule has 1 aliphatic heterocycles. The summed E-state index contributed by atoms with van der Waals surface area (Å²) < 4.78 is 4.32. The third-order valence-corrected chi connectivity index (χ3v) is 26.7. The van der Waals surface area contributed by atoms with E-state index in [9.17, 15) is 0 Å². The molecule has 0 saturated heterocycles. The normalized spacial score (nSPS) is 22.1. The molecule has 1 heteroatoms. The van der Waals surface area contributed by atoms with Crippen molar-refractivity contribution in [2.45, 2.75) is 82.7 Å². The zero-order valence-electron chi connectivity index (χ0n) is 25.3. The van der Waals surface area contributed by atoms with Crippen molar-refractivity contribution in [3.05, 3.63) is 106 Å². The van der Waals surface area contributed by atoms with Crippen LogP contribution in [0.15, 0.2) is 83.9 Å². The van der Waals surface area contributed by atoms with Gasteiger partial charge in [0.25, 0.3) is 0 Å². The van der Waals surface area contributed by atoms with E-state index in [0.717, 1.165) is 0 Å². The van der Waals surface area contributed by atoms with Crippen LogP contribution < -0.4 is 0 Å². The molecule has 2 aliphatic carbocycles. The van der Waals surface area contributed by atoms with Gasteiger partial charge in [-0.1, -0.05) is 0 Å². The molecule has 0 saturated carbocycles. The van der Waals surface area contributed by atoms with E-state index >= 15 is 0 Å². The van der Waals surface area contributed by atoms with E-state index < -0.39 is 20.3 Å². The van der Waals surface area contributed by atoms with Crippen LogP contribution in [0.4, 0.5) is 0 Å². The predicted molar refractivity (Wildman–Crippen MR) is 172 cm³/mol. The standard InChI is InChI=1S/C31H26.2C4H9.Zr/c1-19-17-23-15-13-21-9-5-7-11-25(21)27(23)29(19)31(3,4)30-20(2)18-24-16-14-22-10-6-8-12-26(22)28(24)30;2*1-3-4-2;/h5-18H,1-4H3;2*1,3-4H2,2H3;. The molecule has 0 fully saturated rings. The van der Waals surface area contributed by atoms with E-state index in [1.807, 2.05) is 0 Å². The second-order valence-corrected chi connectivity index (χ2v) is 24.9. The fourth-order valence-corrected chi connectivity index (χ4v) is 28.3. The van der Waals surface area contributed by atoms with Crippen molar-refractivity contribution in [3.63, 3.8) is 0 Å². The zero-order valence-corrected chi connectivity index (χ0v) is 27.8. The molecule has 0 spiro atoms. The number of hydrogen-bond acceptors (Lipinski definition) is 0. The minimum absolute atomic E-state index is 0.0526. The van der Waals surface area contributed by atoms with Crippen molar-refractivity contribution in [3.8, 4) is 0 Å². The molecule has 0 nitrogen and oxygen atoms in total. The van der Waals surface area contributed by atoms with Gasteiger partial charge in [-0.05, 0) is 0 Å². The molecule has 2 atom stereocenters. The van der Waals surface area contributed by atoms with Crippen molar-refractivity contribution >= 4 is 32.7 Å². The van der Waals surface area contributed by atoms with Gasteiger partial charge in [-0.15, -0.1) is 0 Å². The number of allylic oxidation sites excluding steroid dienone is 4. The Bertz CT molecular complexity index is 1600. The Morgan fingerprint density at radius 1 is 0.600 bits per heavy atom. The molecule has 4 aromatic rings. The van der Waals surface area contributed by atoms with E-state index in [1.54, 1.807) is 44.5 Å². The minimum atomic E-state index is -3.06. The number of hydrogen-bond donors (Lipinski definition) is 0. The summed E-state index contributed by atoms with van der Waals surface area (Å²) in [7, 11) is 0. The van der Waals surface area contributed by atoms with Crippen LogP contribution in [-0.2, 0) is 20.3 Å². The SMILES string of the molecule is CCC[CH2][Zr]1([CH2]CCC)[CH]2C(C)=C(c3c2ccc2ccccc32)C(C)(C)C2=C(C)[CH]1c1ccc3ccccc3c12. The van der Waals surface area contributed by atoms with Crippen molar-refractivity contribution in [2.75, 3.05) is 0 Å². The van der Waals surface area contributed by atoms with E-state index in [1.165, 1.54) is 55.5 Å². The molecule has 0 aromatic heterocycles. The maximum atomic E-state index is 2.58. The Morgan fingerprint density at radius 2 is 1.02 bits per heavy atom. The summed E-state index contributed by atoms with van der Waals surface area (Å²) in [5, 5.41) is 5.74. The molecular formula is C39H44Zr. The Morgan fingerprint density at radius 3 is 1.45 bits per heavy atom. The monoisotopic (exact) mass is 602 g/mol. The summed E-state index contributed by atoms with van der Waals surface area (Å²) in [5.41, 5.74) is 13.4. The van der Waals surface area contributed by atoms with Gasteiger partial charge in [-0.25, -0.2) is 0 Å². The second kappa shape index (κ2) is 9.66. The van der Waals surface area contributed by atoms with Crippen LogP contribution in [0.2, 0.25) is 8.26 Å². The fraction of sp³-hybridized carbons (Fsp3) is 0.385. The third kappa shape index (κ3) is 3.46. The van der Waals surface area contributed by atoms with Crippen LogP contribution in [0.5, 0.6) is 0 Å². The molecule has 2 unspecified atom stereocenters. The van der Waals surface area contributed by atoms with E-state index in [4.69, 9.17) is 0 Å². The quantitative estimate of drug-likeness (QED) is 0.206. The Kier molecular flexibility index (Phi) is 6.44. The van der Waals surface area contributed by atoms with Crippen LogP contribution in [0.3, 0.4) is 0 Å². The average molecular weight is 604 g/mol. The first kappa shape index (κ1) is 26.6. The van der Waals surface area contributed by atoms with E-state index in [2.05, 4.69) is 114 Å². The van der Waals surface area contributed by atoms with Crippen molar-refractivity contribution in [1.82, 2.24) is 0 Å².